The minimum absolute atomic E-state index is 0.281. The number of aliphatic hydroxyl groups is 3. The summed E-state index contributed by atoms with van der Waals surface area (Å²) in [6, 6.07) is 0. The molecular formula is C38H78N6O6. The fourth-order valence-electron chi connectivity index (χ4n) is 6.02. The molecule has 12 nitrogen and oxygen atoms in total. The van der Waals surface area contributed by atoms with Gasteiger partial charge in [-0.25, -0.2) is 28.1 Å². The summed E-state index contributed by atoms with van der Waals surface area (Å²) in [4.78, 5) is 47.8. The highest BCUT2D eigenvalue weighted by Crippen LogP contribution is 2.05. The predicted octanol–water partition coefficient (Wildman–Crippen LogP) is 3.99. The number of unbranched alkanes of at least 4 members (excludes halogenated alkanes) is 6. The van der Waals surface area contributed by atoms with Crippen molar-refractivity contribution in [1.29, 1.82) is 0 Å². The van der Waals surface area contributed by atoms with Gasteiger partial charge in [0.05, 0.1) is 37.9 Å². The fourth-order valence-corrected chi connectivity index (χ4v) is 6.02. The zero-order valence-corrected chi connectivity index (χ0v) is 33.5. The molecule has 0 aliphatic rings. The Bertz CT molecular complexity index is 946. The van der Waals surface area contributed by atoms with Crippen LogP contribution in [0.3, 0.4) is 0 Å². The van der Waals surface area contributed by atoms with Gasteiger partial charge in [-0.1, -0.05) is 93.9 Å². The van der Waals surface area contributed by atoms with E-state index in [-0.39, 0.29) is 19.6 Å². The van der Waals surface area contributed by atoms with Crippen molar-refractivity contribution in [1.82, 2.24) is 28.4 Å². The van der Waals surface area contributed by atoms with E-state index in [1.165, 1.54) is 0 Å². The Kier molecular flexibility index (Phi) is 28.6. The van der Waals surface area contributed by atoms with E-state index in [0.717, 1.165) is 130 Å². The van der Waals surface area contributed by atoms with Crippen LogP contribution in [0.25, 0.3) is 0 Å². The van der Waals surface area contributed by atoms with E-state index < -0.39 is 35.4 Å². The Morgan fingerprint density at radius 3 is 0.760 bits per heavy atom. The van der Waals surface area contributed by atoms with Crippen LogP contribution in [0, 0.1) is 0 Å². The quantitative estimate of drug-likeness (QED) is 0.108. The average molecular weight is 715 g/mol. The molecule has 0 bridgehead atoms. The topological polar surface area (TPSA) is 136 Å². The van der Waals surface area contributed by atoms with E-state index in [1.807, 2.05) is 13.8 Å². The lowest BCUT2D eigenvalue weighted by molar-refractivity contribution is 0.0796. The zero-order valence-electron chi connectivity index (χ0n) is 33.5. The lowest BCUT2D eigenvalue weighted by atomic mass is 10.2. The van der Waals surface area contributed by atoms with E-state index in [2.05, 4.69) is 56.2 Å². The van der Waals surface area contributed by atoms with Gasteiger partial charge in [0.2, 0.25) is 0 Å². The van der Waals surface area contributed by atoms with Crippen molar-refractivity contribution in [3.63, 3.8) is 0 Å². The highest BCUT2D eigenvalue weighted by atomic mass is 16.3. The van der Waals surface area contributed by atoms with Gasteiger partial charge in [-0.05, 0) is 77.8 Å². The van der Waals surface area contributed by atoms with Crippen molar-refractivity contribution in [3.8, 4) is 0 Å². The van der Waals surface area contributed by atoms with Crippen molar-refractivity contribution >= 4 is 0 Å². The lowest BCUT2D eigenvalue weighted by Gasteiger charge is -2.27. The monoisotopic (exact) mass is 715 g/mol. The first-order valence-corrected chi connectivity index (χ1v) is 20.2. The molecule has 0 amide bonds. The Labute approximate surface area is 304 Å². The van der Waals surface area contributed by atoms with E-state index in [4.69, 9.17) is 0 Å². The molecule has 3 N–H and O–H groups in total. The van der Waals surface area contributed by atoms with Gasteiger partial charge in [-0.2, -0.15) is 0 Å². The molecule has 1 aromatic heterocycles. The van der Waals surface area contributed by atoms with Crippen LogP contribution in [0.1, 0.15) is 132 Å². The molecule has 1 rings (SSSR count). The van der Waals surface area contributed by atoms with Crippen molar-refractivity contribution in [2.24, 2.45) is 0 Å². The van der Waals surface area contributed by atoms with Gasteiger partial charge in [-0.15, -0.1) is 0 Å². The van der Waals surface area contributed by atoms with Gasteiger partial charge >= 0.3 is 17.1 Å². The van der Waals surface area contributed by atoms with Crippen molar-refractivity contribution in [2.75, 3.05) is 58.9 Å². The van der Waals surface area contributed by atoms with Gasteiger partial charge < -0.3 is 30.0 Å². The summed E-state index contributed by atoms with van der Waals surface area (Å²) in [6.45, 7) is 21.6. The van der Waals surface area contributed by atoms with Crippen molar-refractivity contribution in [3.05, 3.63) is 31.5 Å². The lowest BCUT2D eigenvalue weighted by Crippen LogP contribution is -2.58. The van der Waals surface area contributed by atoms with Crippen LogP contribution in [0.5, 0.6) is 0 Å². The molecule has 0 spiro atoms. The fraction of sp³-hybridized carbons (Fsp3) is 0.921. The Balaban J connectivity index is 0.0000118. The van der Waals surface area contributed by atoms with Crippen LogP contribution < -0.4 is 17.1 Å². The molecule has 12 heteroatoms. The van der Waals surface area contributed by atoms with Crippen LogP contribution in [-0.2, 0) is 19.6 Å². The molecular weight excluding hydrogens is 636 g/mol. The molecule has 0 aliphatic heterocycles. The van der Waals surface area contributed by atoms with Crippen molar-refractivity contribution in [2.45, 2.75) is 170 Å². The summed E-state index contributed by atoms with van der Waals surface area (Å²) in [6.07, 6.45) is 8.90. The van der Waals surface area contributed by atoms with Gasteiger partial charge in [0.1, 0.15) is 0 Å². The summed E-state index contributed by atoms with van der Waals surface area (Å²) in [5, 5.41) is 33.5. The smallest absolute Gasteiger partial charge is 0.336 e. The number of rotatable bonds is 30. The minimum atomic E-state index is -1.02. The predicted molar refractivity (Wildman–Crippen MR) is 207 cm³/mol. The molecule has 0 saturated carbocycles. The molecule has 3 atom stereocenters. The van der Waals surface area contributed by atoms with Crippen LogP contribution in [0.4, 0.5) is 0 Å². The zero-order chi connectivity index (χ0) is 37.9. The molecule has 1 heterocycles. The largest absolute Gasteiger partial charge is 0.390 e. The summed E-state index contributed by atoms with van der Waals surface area (Å²) >= 11 is 0. The van der Waals surface area contributed by atoms with Gasteiger partial charge in [0.25, 0.3) is 0 Å². The van der Waals surface area contributed by atoms with E-state index in [9.17, 15) is 29.7 Å². The second-order valence-electron chi connectivity index (χ2n) is 13.7. The molecule has 0 saturated heterocycles. The SMILES string of the molecule is CC.CCCCN(CCCC)CC(O)Cn1c(=O)n(CC(O)CN(CCCC)CCCC)c(=O)n(CC(O)CN(CCCC)CCCC)c1=O. The summed E-state index contributed by atoms with van der Waals surface area (Å²) in [5.41, 5.74) is -2.53. The first-order valence-electron chi connectivity index (χ1n) is 20.2. The molecule has 0 fully saturated rings. The summed E-state index contributed by atoms with van der Waals surface area (Å²) in [7, 11) is 0. The first-order chi connectivity index (χ1) is 24.1. The Morgan fingerprint density at radius 2 is 0.600 bits per heavy atom. The number of hydrogen-bond donors (Lipinski definition) is 3. The molecule has 3 unspecified atom stereocenters. The minimum Gasteiger partial charge on any atom is -0.390 e. The maximum absolute atomic E-state index is 13.8. The number of aromatic nitrogens is 3. The second kappa shape index (κ2) is 29.7. The van der Waals surface area contributed by atoms with Gasteiger partial charge in [-0.3, -0.25) is 0 Å². The highest BCUT2D eigenvalue weighted by molar-refractivity contribution is 4.84. The van der Waals surface area contributed by atoms with E-state index >= 15 is 0 Å². The van der Waals surface area contributed by atoms with Crippen LogP contribution >= 0.6 is 0 Å². The third-order valence-corrected chi connectivity index (χ3v) is 8.94. The standard InChI is InChI=1S/C36H72N6O6.C2H6/c1-7-13-19-37(20-14-8-2)25-31(43)28-40-34(46)41(29-32(44)26-38(21-15-9-3)22-16-10-4)36(48)42(35(40)47)30-33(45)27-39(23-17-11-5)24-18-12-6;1-2/h31-33,43-45H,7-30H2,1-6H3;1-2H3. The van der Waals surface area contributed by atoms with Gasteiger partial charge in [0.15, 0.2) is 0 Å². The highest BCUT2D eigenvalue weighted by Gasteiger charge is 2.24. The molecule has 0 aliphatic carbocycles. The molecule has 50 heavy (non-hydrogen) atoms. The van der Waals surface area contributed by atoms with Crippen LogP contribution in [0.15, 0.2) is 14.4 Å². The molecule has 296 valence electrons. The number of aliphatic hydroxyl groups excluding tert-OH is 3. The normalized spacial score (nSPS) is 13.6. The van der Waals surface area contributed by atoms with Crippen molar-refractivity contribution < 1.29 is 15.3 Å². The maximum Gasteiger partial charge on any atom is 0.336 e. The number of nitrogens with zero attached hydrogens (tertiary/aromatic N) is 6. The summed E-state index contributed by atoms with van der Waals surface area (Å²) < 4.78 is 2.75. The van der Waals surface area contributed by atoms with Crippen LogP contribution in [0.2, 0.25) is 0 Å². The summed E-state index contributed by atoms with van der Waals surface area (Å²) in [5.74, 6) is 0. The van der Waals surface area contributed by atoms with E-state index in [0.29, 0.717) is 19.6 Å². The Morgan fingerprint density at radius 1 is 0.420 bits per heavy atom. The Hall–Kier alpha value is -1.83. The third-order valence-electron chi connectivity index (χ3n) is 8.94. The van der Waals surface area contributed by atoms with E-state index in [1.54, 1.807) is 0 Å². The van der Waals surface area contributed by atoms with Gasteiger partial charge in [0, 0.05) is 19.6 Å². The molecule has 0 radical (unpaired) electrons. The first kappa shape index (κ1) is 48.2. The number of hydrogen-bond acceptors (Lipinski definition) is 9. The maximum atomic E-state index is 13.8. The second-order valence-corrected chi connectivity index (χ2v) is 13.7. The molecule has 1 aromatic rings. The third kappa shape index (κ3) is 19.1. The molecule has 0 aromatic carbocycles. The average Bonchev–Trinajstić information content (AvgIpc) is 3.11. The van der Waals surface area contributed by atoms with Crippen LogP contribution in [-0.4, -0.2) is 121 Å².